The van der Waals surface area contributed by atoms with Gasteiger partial charge in [0.2, 0.25) is 11.9 Å². The Hall–Kier alpha value is -2.00. The molecule has 0 aliphatic carbocycles. The highest BCUT2D eigenvalue weighted by atomic mass is 35.5. The van der Waals surface area contributed by atoms with E-state index in [9.17, 15) is 4.79 Å². The van der Waals surface area contributed by atoms with Crippen molar-refractivity contribution in [3.63, 3.8) is 0 Å². The fourth-order valence-corrected chi connectivity index (χ4v) is 3.90. The van der Waals surface area contributed by atoms with Crippen molar-refractivity contribution < 1.29 is 13.9 Å². The van der Waals surface area contributed by atoms with Gasteiger partial charge in [0.05, 0.1) is 17.8 Å². The minimum Gasteiger partial charge on any atom is -0.371 e. The molecule has 3 rings (SSSR count). The van der Waals surface area contributed by atoms with Gasteiger partial charge in [0.15, 0.2) is 29.4 Å². The Morgan fingerprint density at radius 3 is 2.71 bits per heavy atom. The molecular weight excluding hydrogens is 387 g/mol. The van der Waals surface area contributed by atoms with E-state index in [4.69, 9.17) is 16.3 Å². The number of carbonyl (C=O) groups excluding carboxylic acids is 1. The van der Waals surface area contributed by atoms with Gasteiger partial charge in [-0.25, -0.2) is 9.37 Å². The Kier molecular flexibility index (Phi) is 5.77. The maximum absolute atomic E-state index is 15.2. The second-order valence-electron chi connectivity index (χ2n) is 7.41. The van der Waals surface area contributed by atoms with Crippen LogP contribution in [0.3, 0.4) is 0 Å². The number of imidazole rings is 1. The van der Waals surface area contributed by atoms with Crippen molar-refractivity contribution in [2.24, 2.45) is 11.8 Å². The summed E-state index contributed by atoms with van der Waals surface area (Å²) in [6.45, 7) is 7.28. The van der Waals surface area contributed by atoms with Gasteiger partial charge in [0.1, 0.15) is 0 Å². The topological polar surface area (TPSA) is 94.0 Å². The summed E-state index contributed by atoms with van der Waals surface area (Å²) < 4.78 is 22.8. The van der Waals surface area contributed by atoms with Gasteiger partial charge in [-0.05, 0) is 6.42 Å². The van der Waals surface area contributed by atoms with E-state index in [-0.39, 0.29) is 29.6 Å². The molecule has 2 aromatic rings. The Bertz CT molecular complexity index is 869. The second-order valence-corrected chi connectivity index (χ2v) is 7.67. The third-order valence-corrected chi connectivity index (χ3v) is 5.90. The minimum absolute atomic E-state index is 0.123. The molecule has 154 valence electrons. The second kappa shape index (κ2) is 7.79. The molecule has 1 unspecified atom stereocenters. The highest BCUT2D eigenvalue weighted by Gasteiger charge is 2.53. The van der Waals surface area contributed by atoms with Crippen LogP contribution < -0.4 is 10.6 Å². The lowest BCUT2D eigenvalue weighted by Crippen LogP contribution is -2.37. The molecule has 1 saturated heterocycles. The van der Waals surface area contributed by atoms with Crippen molar-refractivity contribution in [1.29, 1.82) is 0 Å². The number of anilines is 2. The molecule has 0 radical (unpaired) electrons. The zero-order valence-corrected chi connectivity index (χ0v) is 17.4. The Morgan fingerprint density at radius 2 is 2.18 bits per heavy atom. The highest BCUT2D eigenvalue weighted by Crippen LogP contribution is 2.46. The van der Waals surface area contributed by atoms with Crippen LogP contribution in [0, 0.1) is 11.8 Å². The molecule has 2 N–H and O–H groups in total. The van der Waals surface area contributed by atoms with Gasteiger partial charge in [-0.2, -0.15) is 9.97 Å². The number of halogens is 2. The Balaban J connectivity index is 2.06. The van der Waals surface area contributed by atoms with E-state index >= 15 is 4.39 Å². The lowest BCUT2D eigenvalue weighted by atomic mass is 9.87. The summed E-state index contributed by atoms with van der Waals surface area (Å²) in [5, 5.41) is 5.62. The number of nitrogens with one attached hydrogen (secondary N) is 2. The molecule has 1 fully saturated rings. The number of ether oxygens (including phenoxy) is 1. The molecule has 1 aliphatic rings. The van der Waals surface area contributed by atoms with Gasteiger partial charge in [-0.15, -0.1) is 11.6 Å². The normalized spacial score (nSPS) is 27.5. The molecule has 4 atom stereocenters. The largest absolute Gasteiger partial charge is 0.371 e. The van der Waals surface area contributed by atoms with Crippen LogP contribution in [0.15, 0.2) is 6.33 Å². The van der Waals surface area contributed by atoms with Crippen LogP contribution in [-0.4, -0.2) is 50.1 Å². The Labute approximate surface area is 168 Å². The molecule has 0 saturated carbocycles. The fraction of sp³-hybridized carbons (Fsp3) is 0.667. The first kappa shape index (κ1) is 20.7. The summed E-state index contributed by atoms with van der Waals surface area (Å²) in [6.07, 6.45) is -0.115. The SMILES string of the molecule is CCC1(CCl)O[C@@H](n2cnc3c(NC)nc(NC(=O)C(C)C)nc32)[C@@H](F)[C@@H]1C. The van der Waals surface area contributed by atoms with Gasteiger partial charge in [-0.1, -0.05) is 27.7 Å². The maximum atomic E-state index is 15.2. The van der Waals surface area contributed by atoms with Gasteiger partial charge < -0.3 is 10.1 Å². The Morgan fingerprint density at radius 1 is 1.46 bits per heavy atom. The van der Waals surface area contributed by atoms with Crippen LogP contribution in [0.1, 0.15) is 40.3 Å². The van der Waals surface area contributed by atoms with Crippen molar-refractivity contribution in [1.82, 2.24) is 19.5 Å². The zero-order valence-electron chi connectivity index (χ0n) is 16.7. The summed E-state index contributed by atoms with van der Waals surface area (Å²) in [7, 11) is 1.69. The van der Waals surface area contributed by atoms with Crippen molar-refractivity contribution in [2.75, 3.05) is 23.6 Å². The predicted octanol–water partition coefficient (Wildman–Crippen LogP) is 3.35. The van der Waals surface area contributed by atoms with Crippen LogP contribution in [0.5, 0.6) is 0 Å². The zero-order chi connectivity index (χ0) is 20.6. The number of fused-ring (bicyclic) bond motifs is 1. The smallest absolute Gasteiger partial charge is 0.233 e. The minimum atomic E-state index is -1.28. The number of alkyl halides is 2. The van der Waals surface area contributed by atoms with Crippen molar-refractivity contribution >= 4 is 40.4 Å². The molecule has 28 heavy (non-hydrogen) atoms. The van der Waals surface area contributed by atoms with E-state index in [0.717, 1.165) is 0 Å². The average molecular weight is 413 g/mol. The van der Waals surface area contributed by atoms with Crippen LogP contribution in [-0.2, 0) is 9.53 Å². The van der Waals surface area contributed by atoms with Crippen LogP contribution in [0.2, 0.25) is 0 Å². The quantitative estimate of drug-likeness (QED) is 0.706. The molecule has 8 nitrogen and oxygen atoms in total. The molecule has 1 aliphatic heterocycles. The lowest BCUT2D eigenvalue weighted by molar-refractivity contribution is -0.118. The molecule has 1 amide bonds. The number of aromatic nitrogens is 4. The monoisotopic (exact) mass is 412 g/mol. The first-order chi connectivity index (χ1) is 13.3. The van der Waals surface area contributed by atoms with Crippen molar-refractivity contribution in [3.05, 3.63) is 6.33 Å². The third-order valence-electron chi connectivity index (χ3n) is 5.45. The van der Waals surface area contributed by atoms with E-state index in [2.05, 4.69) is 25.6 Å². The molecule has 10 heteroatoms. The van der Waals surface area contributed by atoms with Gasteiger partial charge in [-0.3, -0.25) is 14.7 Å². The summed E-state index contributed by atoms with van der Waals surface area (Å²) in [5.74, 6) is -0.0795. The van der Waals surface area contributed by atoms with Gasteiger partial charge >= 0.3 is 0 Å². The van der Waals surface area contributed by atoms with Crippen molar-refractivity contribution in [2.45, 2.75) is 52.1 Å². The van der Waals surface area contributed by atoms with E-state index < -0.39 is 18.0 Å². The van der Waals surface area contributed by atoms with Crippen LogP contribution in [0.4, 0.5) is 16.2 Å². The van der Waals surface area contributed by atoms with Gasteiger partial charge in [0, 0.05) is 18.9 Å². The van der Waals surface area contributed by atoms with Crippen molar-refractivity contribution in [3.8, 4) is 0 Å². The number of amides is 1. The molecule has 2 aromatic heterocycles. The van der Waals surface area contributed by atoms with Crippen LogP contribution >= 0.6 is 11.6 Å². The summed E-state index contributed by atoms with van der Waals surface area (Å²) in [5.41, 5.74) is 0.0867. The van der Waals surface area contributed by atoms with E-state index in [0.29, 0.717) is 23.4 Å². The molecular formula is C18H26ClFN6O2. The molecule has 3 heterocycles. The number of nitrogens with zero attached hydrogens (tertiary/aromatic N) is 4. The first-order valence-electron chi connectivity index (χ1n) is 9.39. The first-order valence-corrected chi connectivity index (χ1v) is 9.92. The molecule has 0 aromatic carbocycles. The number of carbonyl (C=O) groups is 1. The number of hydrogen-bond acceptors (Lipinski definition) is 6. The predicted molar refractivity (Wildman–Crippen MR) is 106 cm³/mol. The summed E-state index contributed by atoms with van der Waals surface area (Å²) in [4.78, 5) is 25.1. The standard InChI is InChI=1S/C18H26ClFN6O2/c1-6-18(7-19)10(4)11(20)16(28-18)26-8-22-12-13(21-5)23-17(24-14(12)26)25-15(27)9(2)3/h8-11,16H,6-7H2,1-5H3,(H2,21,23,24,25,27)/t10-,11-,16+,18?/m0/s1. The fourth-order valence-electron chi connectivity index (χ4n) is 3.40. The lowest BCUT2D eigenvalue weighted by Gasteiger charge is -2.29. The average Bonchev–Trinajstić information content (AvgIpc) is 3.21. The van der Waals surface area contributed by atoms with Gasteiger partial charge in [0.25, 0.3) is 0 Å². The molecule has 0 bridgehead atoms. The molecule has 0 spiro atoms. The summed E-state index contributed by atoms with van der Waals surface area (Å²) in [6, 6.07) is 0. The van der Waals surface area contributed by atoms with E-state index in [1.165, 1.54) is 6.33 Å². The number of hydrogen-bond donors (Lipinski definition) is 2. The maximum Gasteiger partial charge on any atom is 0.233 e. The third kappa shape index (κ3) is 3.30. The number of rotatable bonds is 6. The van der Waals surface area contributed by atoms with E-state index in [1.807, 2.05) is 6.92 Å². The summed E-state index contributed by atoms with van der Waals surface area (Å²) >= 11 is 6.13. The van der Waals surface area contributed by atoms with Crippen LogP contribution in [0.25, 0.3) is 11.2 Å². The van der Waals surface area contributed by atoms with E-state index in [1.54, 1.807) is 32.4 Å². The highest BCUT2D eigenvalue weighted by molar-refractivity contribution is 6.18.